The fourth-order valence-electron chi connectivity index (χ4n) is 8.28. The van der Waals surface area contributed by atoms with Crippen LogP contribution in [0.5, 0.6) is 0 Å². The number of fused-ring (bicyclic) bond motifs is 8. The third-order valence-electron chi connectivity index (χ3n) is 10.8. The van der Waals surface area contributed by atoms with Crippen LogP contribution in [-0.4, -0.2) is 8.07 Å². The molecule has 8 rings (SSSR count). The molecular formula is C44H39N3Si. The summed E-state index contributed by atoms with van der Waals surface area (Å²) in [5.74, 6) is 0. The smallest absolute Gasteiger partial charge is 0.113 e. The Hall–Kier alpha value is -5.37. The maximum absolute atomic E-state index is 9.94. The summed E-state index contributed by atoms with van der Waals surface area (Å²) in [7, 11) is -2.28. The van der Waals surface area contributed by atoms with Crippen LogP contribution in [0.3, 0.4) is 0 Å². The van der Waals surface area contributed by atoms with Crippen molar-refractivity contribution in [3.8, 4) is 28.3 Å². The van der Waals surface area contributed by atoms with Crippen molar-refractivity contribution < 1.29 is 0 Å². The molecule has 0 saturated carbocycles. The monoisotopic (exact) mass is 637 g/mol. The molecule has 2 N–H and O–H groups in total. The average Bonchev–Trinajstić information content (AvgIpc) is 3.12. The summed E-state index contributed by atoms with van der Waals surface area (Å²) >= 11 is 0. The fourth-order valence-corrected chi connectivity index (χ4v) is 11.4. The van der Waals surface area contributed by atoms with Gasteiger partial charge in [-0.05, 0) is 104 Å². The molecule has 0 radical (unpaired) electrons. The second-order valence-corrected chi connectivity index (χ2v) is 18.6. The number of aryl methyl sites for hydroxylation is 2. The van der Waals surface area contributed by atoms with Gasteiger partial charge in [0.1, 0.15) is 14.1 Å². The highest BCUT2D eigenvalue weighted by molar-refractivity contribution is 7.02. The van der Waals surface area contributed by atoms with E-state index in [9.17, 15) is 5.26 Å². The summed E-state index contributed by atoms with van der Waals surface area (Å²) in [6, 6.07) is 49.1. The van der Waals surface area contributed by atoms with Crippen molar-refractivity contribution in [2.45, 2.75) is 45.2 Å². The maximum Gasteiger partial charge on any atom is 0.113 e. The van der Waals surface area contributed by atoms with Crippen LogP contribution in [-0.2, 0) is 18.3 Å². The molecule has 48 heavy (non-hydrogen) atoms. The van der Waals surface area contributed by atoms with Crippen LogP contribution in [0.2, 0.25) is 13.1 Å². The largest absolute Gasteiger partial charge is 0.398 e. The number of anilines is 4. The number of para-hydroxylation sites is 2. The van der Waals surface area contributed by atoms with Gasteiger partial charge in [0.05, 0.1) is 22.6 Å². The molecule has 0 spiro atoms. The van der Waals surface area contributed by atoms with Crippen molar-refractivity contribution >= 4 is 41.2 Å². The first-order valence-corrected chi connectivity index (χ1v) is 19.8. The predicted molar refractivity (Wildman–Crippen MR) is 204 cm³/mol. The number of nitrogens with zero attached hydrogens (tertiary/aromatic N) is 2. The SMILES string of the molecule is CC1(C)c2ccccc2N(c2ccc3c(c2)-c2ccccc2[Si](C)(C)c2ccccc2-c2cc(N)c(C#N)cc2CC3)c2ccccc21. The molecule has 0 unspecified atom stereocenters. The van der Waals surface area contributed by atoms with Crippen LogP contribution in [0, 0.1) is 11.3 Å². The quantitative estimate of drug-likeness (QED) is 0.144. The lowest BCUT2D eigenvalue weighted by molar-refractivity contribution is 0.632. The molecule has 234 valence electrons. The first-order chi connectivity index (χ1) is 23.2. The number of benzene rings is 6. The molecule has 0 amide bonds. The van der Waals surface area contributed by atoms with Gasteiger partial charge in [0, 0.05) is 11.1 Å². The number of nitrogen functional groups attached to an aromatic ring is 1. The standard InChI is InChI=1S/C44H39N3Si/c1-44(2)37-15-7-9-17-40(37)47(41-18-10-8-16-38(41)44)32-24-23-29-21-22-30-25-31(28-45)39(46)27-36(30)34-14-6-12-20-43(34)48(3,4)42-19-11-5-13-33(42)35(29)26-32/h5-20,23-27H,21-22,46H2,1-4H3. The van der Waals surface area contributed by atoms with E-state index in [4.69, 9.17) is 5.73 Å². The Morgan fingerprint density at radius 2 is 1.15 bits per heavy atom. The van der Waals surface area contributed by atoms with Crippen molar-refractivity contribution in [3.05, 3.63) is 155 Å². The summed E-state index contributed by atoms with van der Waals surface area (Å²) < 4.78 is 0. The molecule has 0 saturated heterocycles. The molecule has 2 aliphatic rings. The third-order valence-corrected chi connectivity index (χ3v) is 14.4. The van der Waals surface area contributed by atoms with E-state index in [1.807, 2.05) is 12.1 Å². The molecule has 4 heteroatoms. The van der Waals surface area contributed by atoms with Gasteiger partial charge < -0.3 is 10.6 Å². The van der Waals surface area contributed by atoms with E-state index in [2.05, 4.69) is 153 Å². The molecule has 6 aromatic carbocycles. The molecule has 0 bridgehead atoms. The Kier molecular flexibility index (Phi) is 6.94. The van der Waals surface area contributed by atoms with Crippen LogP contribution >= 0.6 is 0 Å². The van der Waals surface area contributed by atoms with Gasteiger partial charge in [-0.15, -0.1) is 0 Å². The number of rotatable bonds is 1. The third kappa shape index (κ3) is 4.53. The lowest BCUT2D eigenvalue weighted by Gasteiger charge is -2.42. The van der Waals surface area contributed by atoms with Crippen LogP contribution in [0.4, 0.5) is 22.7 Å². The normalized spacial score (nSPS) is 15.3. The highest BCUT2D eigenvalue weighted by Crippen LogP contribution is 2.52. The summed E-state index contributed by atoms with van der Waals surface area (Å²) in [6.07, 6.45) is 1.65. The van der Waals surface area contributed by atoms with Gasteiger partial charge >= 0.3 is 0 Å². The molecule has 2 heterocycles. The van der Waals surface area contributed by atoms with Crippen LogP contribution in [0.1, 0.15) is 41.7 Å². The van der Waals surface area contributed by atoms with Crippen molar-refractivity contribution in [1.29, 1.82) is 5.26 Å². The van der Waals surface area contributed by atoms with Gasteiger partial charge in [0.15, 0.2) is 0 Å². The zero-order valence-corrected chi connectivity index (χ0v) is 29.0. The minimum Gasteiger partial charge on any atom is -0.398 e. The minimum atomic E-state index is -2.28. The van der Waals surface area contributed by atoms with Crippen LogP contribution < -0.4 is 21.0 Å². The number of hydrogen-bond acceptors (Lipinski definition) is 3. The number of nitriles is 1. The summed E-state index contributed by atoms with van der Waals surface area (Å²) in [5, 5.41) is 12.7. The van der Waals surface area contributed by atoms with Crippen molar-refractivity contribution in [2.24, 2.45) is 0 Å². The number of nitrogens with two attached hydrogens (primary N) is 1. The Morgan fingerprint density at radius 1 is 0.625 bits per heavy atom. The van der Waals surface area contributed by atoms with Crippen LogP contribution in [0.25, 0.3) is 22.3 Å². The lowest BCUT2D eigenvalue weighted by atomic mass is 9.73. The van der Waals surface area contributed by atoms with Crippen molar-refractivity contribution in [1.82, 2.24) is 0 Å². The van der Waals surface area contributed by atoms with E-state index in [1.54, 1.807) is 0 Å². The number of hydrogen-bond donors (Lipinski definition) is 1. The lowest BCUT2D eigenvalue weighted by Crippen LogP contribution is -2.54. The molecule has 0 aromatic heterocycles. The zero-order valence-electron chi connectivity index (χ0n) is 28.0. The first-order valence-electron chi connectivity index (χ1n) is 16.8. The van der Waals surface area contributed by atoms with Crippen LogP contribution in [0.15, 0.2) is 127 Å². The second kappa shape index (κ2) is 11.1. The van der Waals surface area contributed by atoms with Gasteiger partial charge in [-0.2, -0.15) is 5.26 Å². The summed E-state index contributed by atoms with van der Waals surface area (Å²) in [6.45, 7) is 9.61. The van der Waals surface area contributed by atoms with Gasteiger partial charge in [-0.3, -0.25) is 0 Å². The molecule has 6 aromatic rings. The Morgan fingerprint density at radius 3 is 1.75 bits per heavy atom. The van der Waals surface area contributed by atoms with E-state index < -0.39 is 8.07 Å². The first kappa shape index (κ1) is 30.0. The van der Waals surface area contributed by atoms with E-state index in [0.29, 0.717) is 11.3 Å². The highest BCUT2D eigenvalue weighted by Gasteiger charge is 2.37. The Labute approximate surface area is 284 Å². The summed E-state index contributed by atoms with van der Waals surface area (Å²) in [5.41, 5.74) is 21.2. The zero-order chi connectivity index (χ0) is 33.2. The highest BCUT2D eigenvalue weighted by atomic mass is 28.3. The maximum atomic E-state index is 9.94. The van der Waals surface area contributed by atoms with E-state index in [1.165, 1.54) is 60.7 Å². The predicted octanol–water partition coefficient (Wildman–Crippen LogP) is 9.50. The minimum absolute atomic E-state index is 0.115. The average molecular weight is 638 g/mol. The Bertz CT molecular complexity index is 2240. The van der Waals surface area contributed by atoms with Crippen molar-refractivity contribution in [2.75, 3.05) is 10.6 Å². The second-order valence-electron chi connectivity index (χ2n) is 14.3. The fraction of sp³-hybridized carbons (Fsp3) is 0.159. The van der Waals surface area contributed by atoms with E-state index in [0.717, 1.165) is 24.1 Å². The van der Waals surface area contributed by atoms with Gasteiger partial charge in [-0.25, -0.2) is 0 Å². The molecule has 0 aliphatic carbocycles. The van der Waals surface area contributed by atoms with Crippen molar-refractivity contribution in [3.63, 3.8) is 0 Å². The molecule has 3 nitrogen and oxygen atoms in total. The topological polar surface area (TPSA) is 53.0 Å². The van der Waals surface area contributed by atoms with E-state index >= 15 is 0 Å². The van der Waals surface area contributed by atoms with Gasteiger partial charge in [-0.1, -0.05) is 118 Å². The molecular weight excluding hydrogens is 599 g/mol. The molecule has 0 atom stereocenters. The van der Waals surface area contributed by atoms with E-state index in [-0.39, 0.29) is 5.41 Å². The van der Waals surface area contributed by atoms with Gasteiger partial charge in [0.25, 0.3) is 0 Å². The van der Waals surface area contributed by atoms with Gasteiger partial charge in [0.2, 0.25) is 0 Å². The Balaban J connectivity index is 1.40. The molecule has 0 fully saturated rings. The molecule has 2 aliphatic heterocycles. The summed E-state index contributed by atoms with van der Waals surface area (Å²) in [4.78, 5) is 2.46.